The molecule has 0 atom stereocenters. The van der Waals surface area contributed by atoms with Crippen molar-refractivity contribution in [3.05, 3.63) is 47.3 Å². The van der Waals surface area contributed by atoms with E-state index in [9.17, 15) is 0 Å². The van der Waals surface area contributed by atoms with Crippen molar-refractivity contribution in [1.29, 1.82) is 0 Å². The number of hydrogen-bond donors (Lipinski definition) is 1. The summed E-state index contributed by atoms with van der Waals surface area (Å²) < 4.78 is 2.13. The van der Waals surface area contributed by atoms with Crippen LogP contribution < -0.4 is 5.32 Å². The molecule has 0 unspecified atom stereocenters. The van der Waals surface area contributed by atoms with Crippen LogP contribution in [-0.4, -0.2) is 16.3 Å². The third-order valence-corrected chi connectivity index (χ3v) is 3.69. The number of nitrogens with zero attached hydrogens (tertiary/aromatic N) is 2. The number of nitrogens with one attached hydrogen (secondary N) is 1. The Bertz CT molecular complexity index is 550. The lowest BCUT2D eigenvalue weighted by molar-refractivity contribution is 0.714. The average molecular weight is 255 g/mol. The Hall–Kier alpha value is -1.61. The first-order chi connectivity index (χ1) is 9.29. The Balaban J connectivity index is 1.96. The van der Waals surface area contributed by atoms with E-state index in [0.29, 0.717) is 5.92 Å². The van der Waals surface area contributed by atoms with Gasteiger partial charge in [0.2, 0.25) is 0 Å². The number of benzene rings is 1. The molecule has 0 saturated heterocycles. The van der Waals surface area contributed by atoms with Gasteiger partial charge in [-0.1, -0.05) is 24.6 Å². The Morgan fingerprint density at radius 2 is 2.00 bits per heavy atom. The molecule has 3 nitrogen and oxygen atoms in total. The van der Waals surface area contributed by atoms with E-state index in [1.807, 2.05) is 6.20 Å². The second-order valence-electron chi connectivity index (χ2n) is 5.36. The van der Waals surface area contributed by atoms with Gasteiger partial charge in [0.15, 0.2) is 0 Å². The number of hydrogen-bond acceptors (Lipinski definition) is 2. The molecule has 0 radical (unpaired) electrons. The van der Waals surface area contributed by atoms with Gasteiger partial charge < -0.3 is 5.32 Å². The summed E-state index contributed by atoms with van der Waals surface area (Å²) >= 11 is 0. The Labute approximate surface area is 114 Å². The van der Waals surface area contributed by atoms with E-state index < -0.39 is 0 Å². The molecule has 2 aromatic rings. The first kappa shape index (κ1) is 12.4. The van der Waals surface area contributed by atoms with Gasteiger partial charge in [-0.15, -0.1) is 0 Å². The van der Waals surface area contributed by atoms with E-state index >= 15 is 0 Å². The summed E-state index contributed by atoms with van der Waals surface area (Å²) in [7, 11) is 0. The molecule has 0 bridgehead atoms. The fourth-order valence-corrected chi connectivity index (χ4v) is 2.47. The van der Waals surface area contributed by atoms with Gasteiger partial charge >= 0.3 is 0 Å². The molecule has 1 N–H and O–H groups in total. The van der Waals surface area contributed by atoms with Crippen LogP contribution in [0.5, 0.6) is 0 Å². The minimum absolute atomic E-state index is 0.706. The molecule has 0 amide bonds. The van der Waals surface area contributed by atoms with Crippen LogP contribution in [0.15, 0.2) is 30.5 Å². The molecule has 0 aliphatic heterocycles. The molecular weight excluding hydrogens is 234 g/mol. The molecule has 1 heterocycles. The van der Waals surface area contributed by atoms with Crippen LogP contribution in [0.3, 0.4) is 0 Å². The van der Waals surface area contributed by atoms with Gasteiger partial charge in [-0.2, -0.15) is 5.10 Å². The zero-order chi connectivity index (χ0) is 13.2. The molecule has 1 aliphatic rings. The second kappa shape index (κ2) is 5.17. The summed E-state index contributed by atoms with van der Waals surface area (Å²) in [6, 6.07) is 8.62. The normalized spacial score (nSPS) is 14.8. The molecule has 0 spiro atoms. The monoisotopic (exact) mass is 255 g/mol. The van der Waals surface area contributed by atoms with Gasteiger partial charge in [-0.3, -0.25) is 0 Å². The lowest BCUT2D eigenvalue weighted by Crippen LogP contribution is -2.13. The van der Waals surface area contributed by atoms with E-state index in [0.717, 1.165) is 13.1 Å². The zero-order valence-electron chi connectivity index (χ0n) is 11.7. The highest BCUT2D eigenvalue weighted by Gasteiger charge is 2.30. The highest BCUT2D eigenvalue weighted by molar-refractivity contribution is 5.39. The minimum atomic E-state index is 0.706. The van der Waals surface area contributed by atoms with Crippen molar-refractivity contribution in [2.24, 2.45) is 0 Å². The Morgan fingerprint density at radius 1 is 1.26 bits per heavy atom. The van der Waals surface area contributed by atoms with E-state index in [1.54, 1.807) is 0 Å². The molecule has 1 saturated carbocycles. The maximum atomic E-state index is 4.61. The van der Waals surface area contributed by atoms with Crippen LogP contribution in [0, 0.1) is 6.92 Å². The maximum absolute atomic E-state index is 4.61. The summed E-state index contributed by atoms with van der Waals surface area (Å²) in [4.78, 5) is 0. The van der Waals surface area contributed by atoms with Crippen LogP contribution in [0.2, 0.25) is 0 Å². The first-order valence-electron chi connectivity index (χ1n) is 7.14. The van der Waals surface area contributed by atoms with Crippen molar-refractivity contribution in [2.75, 3.05) is 6.54 Å². The summed E-state index contributed by atoms with van der Waals surface area (Å²) in [6.45, 7) is 6.18. The van der Waals surface area contributed by atoms with Crippen molar-refractivity contribution in [1.82, 2.24) is 15.1 Å². The lowest BCUT2D eigenvalue weighted by atomic mass is 10.1. The van der Waals surface area contributed by atoms with Gasteiger partial charge in [-0.05, 0) is 38.4 Å². The van der Waals surface area contributed by atoms with Crippen molar-refractivity contribution in [2.45, 2.75) is 39.2 Å². The van der Waals surface area contributed by atoms with E-state index in [-0.39, 0.29) is 0 Å². The zero-order valence-corrected chi connectivity index (χ0v) is 11.7. The predicted octanol–water partition coefficient (Wildman–Crippen LogP) is 3.17. The summed E-state index contributed by atoms with van der Waals surface area (Å²) in [5.74, 6) is 0.706. The van der Waals surface area contributed by atoms with Crippen LogP contribution in [0.25, 0.3) is 5.69 Å². The highest BCUT2D eigenvalue weighted by atomic mass is 15.3. The third-order valence-electron chi connectivity index (χ3n) is 3.69. The van der Waals surface area contributed by atoms with Gasteiger partial charge in [-0.25, -0.2) is 4.68 Å². The maximum Gasteiger partial charge on any atom is 0.0649 e. The fraction of sp³-hybridized carbons (Fsp3) is 0.438. The molecular formula is C16H21N3. The molecule has 100 valence electrons. The van der Waals surface area contributed by atoms with E-state index in [4.69, 9.17) is 0 Å². The smallest absolute Gasteiger partial charge is 0.0649 e. The van der Waals surface area contributed by atoms with Crippen molar-refractivity contribution >= 4 is 0 Å². The third kappa shape index (κ3) is 2.56. The van der Waals surface area contributed by atoms with Gasteiger partial charge in [0.25, 0.3) is 0 Å². The van der Waals surface area contributed by atoms with Gasteiger partial charge in [0.1, 0.15) is 0 Å². The highest BCUT2D eigenvalue weighted by Crippen LogP contribution is 2.42. The number of aryl methyl sites for hydroxylation is 1. The molecule has 3 rings (SSSR count). The van der Waals surface area contributed by atoms with E-state index in [1.165, 1.54) is 35.3 Å². The molecule has 3 heteroatoms. The van der Waals surface area contributed by atoms with Crippen LogP contribution in [0.1, 0.15) is 42.5 Å². The minimum Gasteiger partial charge on any atom is -0.313 e. The summed E-state index contributed by atoms with van der Waals surface area (Å²) in [5, 5.41) is 8.02. The predicted molar refractivity (Wildman–Crippen MR) is 77.7 cm³/mol. The quantitative estimate of drug-likeness (QED) is 0.889. The molecule has 1 aromatic heterocycles. The van der Waals surface area contributed by atoms with Crippen molar-refractivity contribution in [3.63, 3.8) is 0 Å². The van der Waals surface area contributed by atoms with Crippen LogP contribution in [-0.2, 0) is 6.54 Å². The molecule has 1 aromatic carbocycles. The Kier molecular flexibility index (Phi) is 3.38. The lowest BCUT2D eigenvalue weighted by Gasteiger charge is -2.09. The number of aromatic nitrogens is 2. The average Bonchev–Trinajstić information content (AvgIpc) is 3.18. The topological polar surface area (TPSA) is 29.9 Å². The Morgan fingerprint density at radius 3 is 2.63 bits per heavy atom. The number of rotatable bonds is 5. The SMILES string of the molecule is CCNCc1cnn(-c2ccc(C)cc2)c1C1CC1. The fourth-order valence-electron chi connectivity index (χ4n) is 2.47. The van der Waals surface area contributed by atoms with Crippen LogP contribution >= 0.6 is 0 Å². The summed E-state index contributed by atoms with van der Waals surface area (Å²) in [6.07, 6.45) is 4.63. The molecule has 1 aliphatic carbocycles. The largest absolute Gasteiger partial charge is 0.313 e. The molecule has 19 heavy (non-hydrogen) atoms. The standard InChI is InChI=1S/C16H21N3/c1-3-17-10-14-11-18-19(16(14)13-6-7-13)15-8-4-12(2)5-9-15/h4-5,8-9,11,13,17H,3,6-7,10H2,1-2H3. The van der Waals surface area contributed by atoms with E-state index in [2.05, 4.69) is 53.2 Å². The van der Waals surface area contributed by atoms with Crippen LogP contribution in [0.4, 0.5) is 0 Å². The van der Waals surface area contributed by atoms with Gasteiger partial charge in [0.05, 0.1) is 17.6 Å². The van der Waals surface area contributed by atoms with Crippen molar-refractivity contribution in [3.8, 4) is 5.69 Å². The van der Waals surface area contributed by atoms with Crippen molar-refractivity contribution < 1.29 is 0 Å². The second-order valence-corrected chi connectivity index (χ2v) is 5.36. The summed E-state index contributed by atoms with van der Waals surface area (Å²) in [5.41, 5.74) is 5.22. The first-order valence-corrected chi connectivity index (χ1v) is 7.14. The molecule has 1 fully saturated rings. The van der Waals surface area contributed by atoms with Gasteiger partial charge in [0, 0.05) is 18.0 Å².